The Balaban J connectivity index is 2.38. The summed E-state index contributed by atoms with van der Waals surface area (Å²) in [5.74, 6) is -1.28. The van der Waals surface area contributed by atoms with Gasteiger partial charge in [0.1, 0.15) is 0 Å². The second kappa shape index (κ2) is 2.51. The molecule has 70 valence electrons. The van der Waals surface area contributed by atoms with E-state index in [1.54, 1.807) is 6.07 Å². The van der Waals surface area contributed by atoms with E-state index in [1.165, 1.54) is 6.07 Å². The minimum absolute atomic E-state index is 0.359. The molecule has 0 amide bonds. The van der Waals surface area contributed by atoms with E-state index in [2.05, 4.69) is 0 Å². The van der Waals surface area contributed by atoms with E-state index in [9.17, 15) is 8.78 Å². The number of hydrogen-bond donors (Lipinski definition) is 1. The van der Waals surface area contributed by atoms with Crippen LogP contribution < -0.4 is 5.73 Å². The van der Waals surface area contributed by atoms with Crippen molar-refractivity contribution in [3.63, 3.8) is 0 Å². The Hall–Kier alpha value is -0.960. The maximum Gasteiger partial charge on any atom is 0.159 e. The lowest BCUT2D eigenvalue weighted by Crippen LogP contribution is -2.21. The van der Waals surface area contributed by atoms with Crippen molar-refractivity contribution in [1.29, 1.82) is 0 Å². The Morgan fingerprint density at radius 3 is 2.46 bits per heavy atom. The van der Waals surface area contributed by atoms with Gasteiger partial charge in [-0.3, -0.25) is 0 Å². The van der Waals surface area contributed by atoms with Gasteiger partial charge in [-0.2, -0.15) is 0 Å². The van der Waals surface area contributed by atoms with Gasteiger partial charge < -0.3 is 5.73 Å². The number of rotatable bonds is 1. The van der Waals surface area contributed by atoms with Crippen LogP contribution in [0.15, 0.2) is 18.2 Å². The van der Waals surface area contributed by atoms with Crippen molar-refractivity contribution < 1.29 is 8.78 Å². The van der Waals surface area contributed by atoms with Gasteiger partial charge in [0.05, 0.1) is 0 Å². The van der Waals surface area contributed by atoms with Crippen molar-refractivity contribution >= 4 is 0 Å². The maximum atomic E-state index is 12.8. The van der Waals surface area contributed by atoms with E-state index < -0.39 is 17.2 Å². The van der Waals surface area contributed by atoms with Crippen molar-refractivity contribution in [2.75, 3.05) is 0 Å². The monoisotopic (exact) mass is 183 g/mol. The highest BCUT2D eigenvalue weighted by Gasteiger charge is 2.49. The topological polar surface area (TPSA) is 26.0 Å². The van der Waals surface area contributed by atoms with Crippen LogP contribution in [0.4, 0.5) is 8.78 Å². The summed E-state index contributed by atoms with van der Waals surface area (Å²) in [5, 5.41) is 0. The second-order valence-corrected chi connectivity index (χ2v) is 3.77. The van der Waals surface area contributed by atoms with Crippen LogP contribution in [-0.4, -0.2) is 0 Å². The Labute approximate surface area is 75.6 Å². The summed E-state index contributed by atoms with van der Waals surface area (Å²) >= 11 is 0. The van der Waals surface area contributed by atoms with E-state index in [1.807, 2.05) is 6.92 Å². The summed E-state index contributed by atoms with van der Waals surface area (Å²) in [7, 11) is 0. The molecule has 0 aromatic heterocycles. The van der Waals surface area contributed by atoms with E-state index in [4.69, 9.17) is 5.73 Å². The lowest BCUT2D eigenvalue weighted by molar-refractivity contribution is 0.503. The van der Waals surface area contributed by atoms with Crippen molar-refractivity contribution in [3.8, 4) is 0 Å². The highest BCUT2D eigenvalue weighted by atomic mass is 19.2. The van der Waals surface area contributed by atoms with Gasteiger partial charge in [0.15, 0.2) is 11.6 Å². The summed E-state index contributed by atoms with van der Waals surface area (Å²) in [6.07, 6.45) is 0.845. The highest BCUT2D eigenvalue weighted by Crippen LogP contribution is 2.49. The van der Waals surface area contributed by atoms with E-state index in [0.717, 1.165) is 12.5 Å². The molecule has 2 atom stereocenters. The standard InChI is InChI=1S/C10H11F2N/c1-6-5-10(6,13)7-2-3-8(11)9(12)4-7/h2-4,6H,5,13H2,1H3. The number of halogens is 2. The van der Waals surface area contributed by atoms with Crippen LogP contribution in [0.1, 0.15) is 18.9 Å². The Bertz CT molecular complexity index is 351. The molecule has 1 nitrogen and oxygen atoms in total. The van der Waals surface area contributed by atoms with Crippen LogP contribution in [0, 0.1) is 17.6 Å². The van der Waals surface area contributed by atoms with Crippen LogP contribution in [0.2, 0.25) is 0 Å². The average molecular weight is 183 g/mol. The largest absolute Gasteiger partial charge is 0.321 e. The van der Waals surface area contributed by atoms with Crippen molar-refractivity contribution in [3.05, 3.63) is 35.4 Å². The first-order valence-electron chi connectivity index (χ1n) is 4.28. The average Bonchev–Trinajstić information content (AvgIpc) is 2.67. The van der Waals surface area contributed by atoms with Gasteiger partial charge in [0, 0.05) is 5.54 Å². The predicted octanol–water partition coefficient (Wildman–Crippen LogP) is 2.16. The quantitative estimate of drug-likeness (QED) is 0.709. The third-order valence-electron chi connectivity index (χ3n) is 2.82. The molecule has 2 rings (SSSR count). The number of hydrogen-bond acceptors (Lipinski definition) is 1. The van der Waals surface area contributed by atoms with E-state index in [-0.39, 0.29) is 0 Å². The molecule has 1 aromatic carbocycles. The van der Waals surface area contributed by atoms with Crippen molar-refractivity contribution in [2.24, 2.45) is 11.7 Å². The van der Waals surface area contributed by atoms with Gasteiger partial charge in [0.25, 0.3) is 0 Å². The van der Waals surface area contributed by atoms with Gasteiger partial charge in [0.2, 0.25) is 0 Å². The maximum absolute atomic E-state index is 12.8. The fraction of sp³-hybridized carbons (Fsp3) is 0.400. The molecule has 1 aliphatic carbocycles. The number of benzene rings is 1. The smallest absolute Gasteiger partial charge is 0.159 e. The second-order valence-electron chi connectivity index (χ2n) is 3.77. The molecule has 1 saturated carbocycles. The SMILES string of the molecule is CC1CC1(N)c1ccc(F)c(F)c1. The van der Waals surface area contributed by atoms with Crippen LogP contribution >= 0.6 is 0 Å². The Kier molecular flexibility index (Phi) is 1.67. The molecule has 0 aliphatic heterocycles. The third kappa shape index (κ3) is 1.23. The Morgan fingerprint density at radius 2 is 2.00 bits per heavy atom. The first-order chi connectivity index (χ1) is 6.04. The summed E-state index contributed by atoms with van der Waals surface area (Å²) in [6.45, 7) is 2.00. The zero-order valence-corrected chi connectivity index (χ0v) is 7.35. The fourth-order valence-corrected chi connectivity index (χ4v) is 1.64. The van der Waals surface area contributed by atoms with Crippen LogP contribution in [0.5, 0.6) is 0 Å². The molecule has 1 aliphatic rings. The molecule has 0 radical (unpaired) electrons. The highest BCUT2D eigenvalue weighted by molar-refractivity contribution is 5.32. The molecule has 0 bridgehead atoms. The first-order valence-corrected chi connectivity index (χ1v) is 4.28. The van der Waals surface area contributed by atoms with Gasteiger partial charge in [-0.25, -0.2) is 8.78 Å². The van der Waals surface area contributed by atoms with Crippen molar-refractivity contribution in [2.45, 2.75) is 18.9 Å². The predicted molar refractivity (Wildman–Crippen MR) is 46.0 cm³/mol. The minimum Gasteiger partial charge on any atom is -0.321 e. The molecule has 0 heterocycles. The molecular formula is C10H11F2N. The Morgan fingerprint density at radius 1 is 1.38 bits per heavy atom. The van der Waals surface area contributed by atoms with E-state index in [0.29, 0.717) is 11.5 Å². The lowest BCUT2D eigenvalue weighted by atomic mass is 10.0. The molecule has 2 N–H and O–H groups in total. The molecule has 3 heteroatoms. The molecule has 13 heavy (non-hydrogen) atoms. The molecular weight excluding hydrogens is 172 g/mol. The van der Waals surface area contributed by atoms with Gasteiger partial charge in [-0.1, -0.05) is 13.0 Å². The van der Waals surface area contributed by atoms with Crippen molar-refractivity contribution in [1.82, 2.24) is 0 Å². The molecule has 1 fully saturated rings. The van der Waals surface area contributed by atoms with Crippen LogP contribution in [-0.2, 0) is 5.54 Å². The summed E-state index contributed by atoms with van der Waals surface area (Å²) in [5.41, 5.74) is 6.21. The summed E-state index contributed by atoms with van der Waals surface area (Å²) in [4.78, 5) is 0. The molecule has 0 spiro atoms. The fourth-order valence-electron chi connectivity index (χ4n) is 1.64. The van der Waals surface area contributed by atoms with Gasteiger partial charge in [-0.15, -0.1) is 0 Å². The zero-order valence-electron chi connectivity index (χ0n) is 7.35. The van der Waals surface area contributed by atoms with Gasteiger partial charge >= 0.3 is 0 Å². The summed E-state index contributed by atoms with van der Waals surface area (Å²) < 4.78 is 25.4. The van der Waals surface area contributed by atoms with E-state index >= 15 is 0 Å². The molecule has 0 saturated heterocycles. The number of nitrogens with two attached hydrogens (primary N) is 1. The molecule has 1 aromatic rings. The first kappa shape index (κ1) is 8.63. The summed E-state index contributed by atoms with van der Waals surface area (Å²) in [6, 6.07) is 3.88. The zero-order chi connectivity index (χ0) is 9.64. The molecule has 2 unspecified atom stereocenters. The van der Waals surface area contributed by atoms with Crippen LogP contribution in [0.25, 0.3) is 0 Å². The third-order valence-corrected chi connectivity index (χ3v) is 2.82. The van der Waals surface area contributed by atoms with Crippen LogP contribution in [0.3, 0.4) is 0 Å². The minimum atomic E-state index is -0.819. The van der Waals surface area contributed by atoms with Gasteiger partial charge in [-0.05, 0) is 30.0 Å². The normalized spacial score (nSPS) is 31.8. The lowest BCUT2D eigenvalue weighted by Gasteiger charge is -2.10.